The Bertz CT molecular complexity index is 484. The molecule has 2 heteroatoms. The second-order valence-electron chi connectivity index (χ2n) is 7.09. The van der Waals surface area contributed by atoms with Crippen molar-refractivity contribution in [2.24, 2.45) is 5.92 Å². The molecule has 0 bridgehead atoms. The van der Waals surface area contributed by atoms with Crippen molar-refractivity contribution < 1.29 is 0 Å². The summed E-state index contributed by atoms with van der Waals surface area (Å²) >= 11 is 0. The Morgan fingerprint density at radius 3 is 2.50 bits per heavy atom. The van der Waals surface area contributed by atoms with E-state index < -0.39 is 0 Å². The summed E-state index contributed by atoms with van der Waals surface area (Å²) in [7, 11) is 0. The van der Waals surface area contributed by atoms with Crippen LogP contribution in [0.3, 0.4) is 0 Å². The Labute approximate surface area is 122 Å². The average Bonchev–Trinajstić information content (AvgIpc) is 3.25. The molecule has 1 N–H and O–H groups in total. The number of hydrogen-bond acceptors (Lipinski definition) is 2. The quantitative estimate of drug-likeness (QED) is 0.814. The smallest absolute Gasteiger partial charge is 0.0371 e. The van der Waals surface area contributed by atoms with Gasteiger partial charge in [0.15, 0.2) is 0 Å². The van der Waals surface area contributed by atoms with E-state index in [9.17, 15) is 0 Å². The second kappa shape index (κ2) is 5.07. The molecule has 0 heterocycles. The number of rotatable bonds is 7. The van der Waals surface area contributed by atoms with Gasteiger partial charge in [-0.25, -0.2) is 0 Å². The summed E-state index contributed by atoms with van der Waals surface area (Å²) in [4.78, 5) is 2.68. The van der Waals surface area contributed by atoms with Crippen LogP contribution >= 0.6 is 0 Å². The van der Waals surface area contributed by atoms with Gasteiger partial charge in [-0.15, -0.1) is 0 Å². The fourth-order valence-electron chi connectivity index (χ4n) is 3.03. The first kappa shape index (κ1) is 12.7. The van der Waals surface area contributed by atoms with Gasteiger partial charge in [0.2, 0.25) is 0 Å². The molecule has 4 rings (SSSR count). The summed E-state index contributed by atoms with van der Waals surface area (Å²) in [5.74, 6) is 0.979. The predicted molar refractivity (Wildman–Crippen MR) is 84.1 cm³/mol. The number of nitrogens with one attached hydrogen (secondary N) is 1. The number of aryl methyl sites for hydroxylation is 1. The molecule has 3 aliphatic rings. The van der Waals surface area contributed by atoms with Gasteiger partial charge in [-0.3, -0.25) is 0 Å². The van der Waals surface area contributed by atoms with E-state index >= 15 is 0 Å². The van der Waals surface area contributed by atoms with Crippen molar-refractivity contribution in [1.82, 2.24) is 5.32 Å². The van der Waals surface area contributed by atoms with Crippen molar-refractivity contribution in [1.29, 1.82) is 0 Å². The fourth-order valence-corrected chi connectivity index (χ4v) is 3.03. The molecule has 0 saturated heterocycles. The molecule has 0 amide bonds. The average molecular weight is 270 g/mol. The summed E-state index contributed by atoms with van der Waals surface area (Å²) in [5, 5.41) is 3.63. The topological polar surface area (TPSA) is 15.3 Å². The SMILES string of the molecule is Cc1cc(N(CC2CC2)C2CC2)ccc1CNC1CC1. The van der Waals surface area contributed by atoms with E-state index in [0.717, 1.165) is 24.5 Å². The molecule has 2 nitrogen and oxygen atoms in total. The minimum atomic E-state index is 0.798. The molecule has 3 fully saturated rings. The van der Waals surface area contributed by atoms with Crippen molar-refractivity contribution in [2.75, 3.05) is 11.4 Å². The lowest BCUT2D eigenvalue weighted by atomic mass is 10.1. The van der Waals surface area contributed by atoms with Crippen molar-refractivity contribution in [3.05, 3.63) is 29.3 Å². The molecule has 0 radical (unpaired) electrons. The normalized spacial score (nSPS) is 22.1. The third-order valence-corrected chi connectivity index (χ3v) is 4.96. The van der Waals surface area contributed by atoms with E-state index in [2.05, 4.69) is 35.3 Å². The molecular formula is C18H26N2. The molecule has 0 aromatic heterocycles. The summed E-state index contributed by atoms with van der Waals surface area (Å²) in [6.07, 6.45) is 8.44. The predicted octanol–water partition coefficient (Wildman–Crippen LogP) is 3.63. The largest absolute Gasteiger partial charge is 0.368 e. The van der Waals surface area contributed by atoms with E-state index in [1.54, 1.807) is 0 Å². The third-order valence-electron chi connectivity index (χ3n) is 4.96. The molecule has 0 atom stereocenters. The highest BCUT2D eigenvalue weighted by atomic mass is 15.2. The molecule has 20 heavy (non-hydrogen) atoms. The molecule has 1 aromatic rings. The Balaban J connectivity index is 1.46. The summed E-state index contributed by atoms with van der Waals surface area (Å²) in [5.41, 5.74) is 4.40. The van der Waals surface area contributed by atoms with E-state index in [1.165, 1.54) is 61.9 Å². The first-order valence-electron chi connectivity index (χ1n) is 8.39. The minimum Gasteiger partial charge on any atom is -0.368 e. The molecule has 3 aliphatic carbocycles. The Morgan fingerprint density at radius 1 is 1.10 bits per heavy atom. The van der Waals surface area contributed by atoms with Crippen LogP contribution in [0, 0.1) is 12.8 Å². The second-order valence-corrected chi connectivity index (χ2v) is 7.09. The van der Waals surface area contributed by atoms with Crippen molar-refractivity contribution in [2.45, 2.75) is 64.1 Å². The van der Waals surface area contributed by atoms with Gasteiger partial charge >= 0.3 is 0 Å². The zero-order valence-corrected chi connectivity index (χ0v) is 12.6. The van der Waals surface area contributed by atoms with Crippen LogP contribution < -0.4 is 10.2 Å². The molecule has 3 saturated carbocycles. The number of anilines is 1. The molecule has 0 aliphatic heterocycles. The van der Waals surface area contributed by atoms with Crippen LogP contribution in [0.1, 0.15) is 49.7 Å². The zero-order valence-electron chi connectivity index (χ0n) is 12.6. The lowest BCUT2D eigenvalue weighted by Crippen LogP contribution is -2.28. The molecule has 0 spiro atoms. The lowest BCUT2D eigenvalue weighted by Gasteiger charge is -2.25. The molecule has 1 aromatic carbocycles. The molecule has 108 valence electrons. The van der Waals surface area contributed by atoms with Gasteiger partial charge in [0.25, 0.3) is 0 Å². The summed E-state index contributed by atoms with van der Waals surface area (Å²) in [6, 6.07) is 8.77. The van der Waals surface area contributed by atoms with Gasteiger partial charge < -0.3 is 10.2 Å². The number of benzene rings is 1. The maximum Gasteiger partial charge on any atom is 0.0371 e. The Morgan fingerprint density at radius 2 is 1.90 bits per heavy atom. The number of hydrogen-bond donors (Lipinski definition) is 1. The van der Waals surface area contributed by atoms with Crippen molar-refractivity contribution in [3.63, 3.8) is 0 Å². The monoisotopic (exact) mass is 270 g/mol. The van der Waals surface area contributed by atoms with Crippen LogP contribution in [-0.2, 0) is 6.54 Å². The summed E-state index contributed by atoms with van der Waals surface area (Å²) < 4.78 is 0. The highest BCUT2D eigenvalue weighted by Gasteiger charge is 2.33. The van der Waals surface area contributed by atoms with Gasteiger partial charge in [-0.1, -0.05) is 6.07 Å². The van der Waals surface area contributed by atoms with Gasteiger partial charge in [0.1, 0.15) is 0 Å². The fraction of sp³-hybridized carbons (Fsp3) is 0.667. The third kappa shape index (κ3) is 3.01. The van der Waals surface area contributed by atoms with Crippen LogP contribution in [0.25, 0.3) is 0 Å². The van der Waals surface area contributed by atoms with Gasteiger partial charge in [-0.05, 0) is 74.6 Å². The van der Waals surface area contributed by atoms with Crippen LogP contribution in [0.4, 0.5) is 5.69 Å². The van der Waals surface area contributed by atoms with E-state index in [-0.39, 0.29) is 0 Å². The standard InChI is InChI=1S/C18H26N2/c1-13-10-18(7-4-15(13)11-19-16-5-6-16)20(17-8-9-17)12-14-2-3-14/h4,7,10,14,16-17,19H,2-3,5-6,8-9,11-12H2,1H3. The van der Waals surface area contributed by atoms with Crippen LogP contribution in [0.2, 0.25) is 0 Å². The van der Waals surface area contributed by atoms with E-state index in [1.807, 2.05) is 0 Å². The first-order valence-corrected chi connectivity index (χ1v) is 8.39. The van der Waals surface area contributed by atoms with Gasteiger partial charge in [-0.2, -0.15) is 0 Å². The Kier molecular flexibility index (Phi) is 3.22. The Hall–Kier alpha value is -1.02. The highest BCUT2D eigenvalue weighted by Crippen LogP contribution is 2.38. The van der Waals surface area contributed by atoms with Crippen LogP contribution in [0.15, 0.2) is 18.2 Å². The van der Waals surface area contributed by atoms with Crippen LogP contribution in [0.5, 0.6) is 0 Å². The van der Waals surface area contributed by atoms with E-state index in [4.69, 9.17) is 0 Å². The van der Waals surface area contributed by atoms with Crippen molar-refractivity contribution >= 4 is 5.69 Å². The van der Waals surface area contributed by atoms with Crippen LogP contribution in [-0.4, -0.2) is 18.6 Å². The molecular weight excluding hydrogens is 244 g/mol. The lowest BCUT2D eigenvalue weighted by molar-refractivity contribution is 0.684. The minimum absolute atomic E-state index is 0.798. The highest BCUT2D eigenvalue weighted by molar-refractivity contribution is 5.52. The maximum atomic E-state index is 3.63. The van der Waals surface area contributed by atoms with Crippen molar-refractivity contribution in [3.8, 4) is 0 Å². The van der Waals surface area contributed by atoms with E-state index in [0.29, 0.717) is 0 Å². The van der Waals surface area contributed by atoms with Gasteiger partial charge in [0.05, 0.1) is 0 Å². The summed E-state index contributed by atoms with van der Waals surface area (Å²) in [6.45, 7) is 4.61. The first-order chi connectivity index (χ1) is 9.79. The zero-order chi connectivity index (χ0) is 13.5. The molecule has 0 unspecified atom stereocenters. The maximum absolute atomic E-state index is 3.63. The van der Waals surface area contributed by atoms with Gasteiger partial charge in [0, 0.05) is 30.9 Å². The number of nitrogens with zero attached hydrogens (tertiary/aromatic N) is 1.